The molecule has 4 unspecified atom stereocenters. The molecule has 0 aromatic carbocycles. The Bertz CT molecular complexity index is 765. The van der Waals surface area contributed by atoms with Gasteiger partial charge in [-0.05, 0) is 149 Å². The maximum Gasteiger partial charge on any atom is -0.0102 e. The van der Waals surface area contributed by atoms with Crippen molar-refractivity contribution < 1.29 is 0 Å². The third kappa shape index (κ3) is 2.80. The molecular formula is C32H46. The number of hydrogen-bond acceptors (Lipinski definition) is 0. The highest BCUT2D eigenvalue weighted by atomic mass is 14.8. The van der Waals surface area contributed by atoms with Crippen molar-refractivity contribution in [1.29, 1.82) is 0 Å². The van der Waals surface area contributed by atoms with Crippen molar-refractivity contribution in [2.75, 3.05) is 0 Å². The third-order valence-electron chi connectivity index (χ3n) is 11.5. The third-order valence-corrected chi connectivity index (χ3v) is 11.5. The second-order valence-electron chi connectivity index (χ2n) is 14.0. The Morgan fingerprint density at radius 3 is 0.938 bits per heavy atom. The molecule has 8 aliphatic rings. The lowest BCUT2D eigenvalue weighted by Crippen LogP contribution is -2.67. The Hall–Kier alpha value is -1.04. The van der Waals surface area contributed by atoms with Crippen LogP contribution in [-0.4, -0.2) is 0 Å². The zero-order valence-electron chi connectivity index (χ0n) is 21.3. The van der Waals surface area contributed by atoms with Gasteiger partial charge in [-0.25, -0.2) is 0 Å². The zero-order chi connectivity index (χ0) is 22.3. The van der Waals surface area contributed by atoms with E-state index in [0.717, 1.165) is 11.8 Å². The fraction of sp³-hybridized carbons (Fsp3) is 0.750. The molecule has 8 saturated carbocycles. The Labute approximate surface area is 197 Å². The van der Waals surface area contributed by atoms with Crippen LogP contribution >= 0.6 is 0 Å². The number of allylic oxidation sites excluding steroid dienone is 8. The molecule has 0 radical (unpaired) electrons. The van der Waals surface area contributed by atoms with Crippen LogP contribution in [0.4, 0.5) is 0 Å². The van der Waals surface area contributed by atoms with E-state index in [2.05, 4.69) is 76.3 Å². The van der Waals surface area contributed by atoms with Crippen molar-refractivity contribution in [3.8, 4) is 0 Å². The summed E-state index contributed by atoms with van der Waals surface area (Å²) in [5.41, 5.74) is 3.00. The molecule has 0 spiro atoms. The van der Waals surface area contributed by atoms with E-state index >= 15 is 0 Å². The van der Waals surface area contributed by atoms with Gasteiger partial charge in [0.25, 0.3) is 0 Å². The van der Waals surface area contributed by atoms with Crippen LogP contribution in [0.25, 0.3) is 0 Å². The maximum absolute atomic E-state index is 2.69. The molecular weight excluding hydrogens is 384 g/mol. The summed E-state index contributed by atoms with van der Waals surface area (Å²) in [5.74, 6) is 1.89. The smallest absolute Gasteiger partial charge is 0.0102 e. The minimum absolute atomic E-state index is 0.471. The molecule has 0 saturated heterocycles. The van der Waals surface area contributed by atoms with Crippen LogP contribution < -0.4 is 0 Å². The summed E-state index contributed by atoms with van der Waals surface area (Å²) < 4.78 is 0. The first kappa shape index (κ1) is 21.5. The van der Waals surface area contributed by atoms with Crippen molar-refractivity contribution in [2.24, 2.45) is 44.3 Å². The van der Waals surface area contributed by atoms with Crippen molar-refractivity contribution in [3.63, 3.8) is 0 Å². The van der Waals surface area contributed by atoms with E-state index in [1.54, 1.807) is 0 Å². The minimum Gasteiger partial charge on any atom is -0.0911 e. The lowest BCUT2D eigenvalue weighted by atomic mass is 9.28. The maximum atomic E-state index is 2.69. The van der Waals surface area contributed by atoms with Gasteiger partial charge >= 0.3 is 0 Å². The molecule has 0 N–H and O–H groups in total. The summed E-state index contributed by atoms with van der Waals surface area (Å²) in [5, 5.41) is 0. The van der Waals surface area contributed by atoms with E-state index in [1.807, 2.05) is 0 Å². The van der Waals surface area contributed by atoms with Gasteiger partial charge in [0.05, 0.1) is 0 Å². The standard InChI is InChI=1S/C32H46/c1-5-9-27-13-25-14-28(19-27,10-6-2)22-31(17-25,21-27)32-18-26-15-29(23-32,11-7-3)20-30(16-26,24-32)12-8-4/h5-12,25-26H,13-24H2,1-4H3/b9-5-,10-6-,11-7-,12-8-. The van der Waals surface area contributed by atoms with Gasteiger partial charge in [0.2, 0.25) is 0 Å². The van der Waals surface area contributed by atoms with Gasteiger partial charge in [-0.1, -0.05) is 48.6 Å². The zero-order valence-corrected chi connectivity index (χ0v) is 21.3. The van der Waals surface area contributed by atoms with Crippen LogP contribution in [0.15, 0.2) is 48.6 Å². The van der Waals surface area contributed by atoms with E-state index in [1.165, 1.54) is 77.0 Å². The van der Waals surface area contributed by atoms with E-state index in [0.29, 0.717) is 32.5 Å². The molecule has 0 aliphatic heterocycles. The monoisotopic (exact) mass is 430 g/mol. The van der Waals surface area contributed by atoms with Crippen LogP contribution in [0, 0.1) is 44.3 Å². The Morgan fingerprint density at radius 2 is 0.688 bits per heavy atom. The van der Waals surface area contributed by atoms with Gasteiger partial charge in [-0.3, -0.25) is 0 Å². The SMILES string of the molecule is C/C=C\C12CC3CC(/C=C\C)(C1)CC(C14CC5CC(/C=C\C)(CC(/C=C\C)(C5)C1)C4)(C3)C2. The van der Waals surface area contributed by atoms with Gasteiger partial charge in [-0.2, -0.15) is 0 Å². The summed E-state index contributed by atoms with van der Waals surface area (Å²) in [6.45, 7) is 9.11. The largest absolute Gasteiger partial charge is 0.0911 e. The van der Waals surface area contributed by atoms with E-state index in [9.17, 15) is 0 Å². The summed E-state index contributed by atoms with van der Waals surface area (Å²) in [6.07, 6.45) is 38.2. The fourth-order valence-electron chi connectivity index (χ4n) is 12.5. The first-order chi connectivity index (χ1) is 15.3. The molecule has 32 heavy (non-hydrogen) atoms. The number of rotatable bonds is 5. The molecule has 0 nitrogen and oxygen atoms in total. The molecule has 8 aliphatic carbocycles. The molecule has 4 atom stereocenters. The van der Waals surface area contributed by atoms with Crippen LogP contribution in [0.5, 0.6) is 0 Å². The molecule has 0 amide bonds. The molecule has 8 rings (SSSR count). The Kier molecular flexibility index (Phi) is 4.54. The predicted octanol–water partition coefficient (Wildman–Crippen LogP) is 9.20. The minimum atomic E-state index is 0.471. The number of hydrogen-bond donors (Lipinski definition) is 0. The highest BCUT2D eigenvalue weighted by Crippen LogP contribution is 2.82. The first-order valence-corrected chi connectivity index (χ1v) is 13.9. The summed E-state index contributed by atoms with van der Waals surface area (Å²) in [7, 11) is 0. The normalized spacial score (nSPS) is 56.1. The molecule has 8 fully saturated rings. The van der Waals surface area contributed by atoms with Crippen molar-refractivity contribution in [3.05, 3.63) is 48.6 Å². The van der Waals surface area contributed by atoms with Gasteiger partial charge in [-0.15, -0.1) is 0 Å². The van der Waals surface area contributed by atoms with Gasteiger partial charge < -0.3 is 0 Å². The summed E-state index contributed by atoms with van der Waals surface area (Å²) >= 11 is 0. The molecule has 0 heteroatoms. The van der Waals surface area contributed by atoms with E-state index in [-0.39, 0.29) is 0 Å². The highest BCUT2D eigenvalue weighted by Gasteiger charge is 2.72. The Balaban J connectivity index is 1.51. The van der Waals surface area contributed by atoms with Crippen LogP contribution in [0.2, 0.25) is 0 Å². The van der Waals surface area contributed by atoms with Gasteiger partial charge in [0.15, 0.2) is 0 Å². The predicted molar refractivity (Wildman–Crippen MR) is 136 cm³/mol. The van der Waals surface area contributed by atoms with Crippen LogP contribution in [0.1, 0.15) is 105 Å². The second kappa shape index (κ2) is 6.76. The van der Waals surface area contributed by atoms with Gasteiger partial charge in [0, 0.05) is 0 Å². The lowest BCUT2D eigenvalue weighted by Gasteiger charge is -2.76. The first-order valence-electron chi connectivity index (χ1n) is 13.9. The summed E-state index contributed by atoms with van der Waals surface area (Å²) in [4.78, 5) is 0. The lowest BCUT2D eigenvalue weighted by molar-refractivity contribution is -0.247. The van der Waals surface area contributed by atoms with E-state index in [4.69, 9.17) is 0 Å². The topological polar surface area (TPSA) is 0 Å². The Morgan fingerprint density at radius 1 is 0.406 bits per heavy atom. The highest BCUT2D eigenvalue weighted by molar-refractivity contribution is 5.30. The van der Waals surface area contributed by atoms with E-state index < -0.39 is 0 Å². The van der Waals surface area contributed by atoms with Crippen LogP contribution in [0.3, 0.4) is 0 Å². The van der Waals surface area contributed by atoms with Crippen molar-refractivity contribution >= 4 is 0 Å². The molecule has 0 aromatic heterocycles. The molecule has 8 bridgehead atoms. The summed E-state index contributed by atoms with van der Waals surface area (Å²) in [6, 6.07) is 0. The average molecular weight is 431 g/mol. The van der Waals surface area contributed by atoms with Gasteiger partial charge in [0.1, 0.15) is 0 Å². The van der Waals surface area contributed by atoms with Crippen molar-refractivity contribution in [2.45, 2.75) is 105 Å². The second-order valence-corrected chi connectivity index (χ2v) is 14.0. The molecule has 0 aromatic rings. The quantitative estimate of drug-likeness (QED) is 0.381. The fourth-order valence-corrected chi connectivity index (χ4v) is 12.5. The van der Waals surface area contributed by atoms with Crippen LogP contribution in [-0.2, 0) is 0 Å². The average Bonchev–Trinajstić information content (AvgIpc) is 2.65. The molecule has 0 heterocycles. The molecule has 174 valence electrons. The van der Waals surface area contributed by atoms with Crippen molar-refractivity contribution in [1.82, 2.24) is 0 Å².